The molecule has 0 aliphatic carbocycles. The van der Waals surface area contributed by atoms with E-state index in [1.54, 1.807) is 6.20 Å². The van der Waals surface area contributed by atoms with Crippen molar-refractivity contribution in [1.82, 2.24) is 10.5 Å². The van der Waals surface area contributed by atoms with Crippen molar-refractivity contribution in [3.8, 4) is 0 Å². The molecule has 0 radical (unpaired) electrons. The average molecular weight is 741 g/mol. The van der Waals surface area contributed by atoms with Gasteiger partial charge in [-0.1, -0.05) is 28.1 Å². The first-order chi connectivity index (χ1) is 9.43. The second kappa shape index (κ2) is 9.71. The molecule has 3 nitrogen and oxygen atoms in total. The fourth-order valence-electron chi connectivity index (χ4n) is 1.33. The minimum absolute atomic E-state index is 0.981. The molecule has 0 bridgehead atoms. The van der Waals surface area contributed by atoms with Crippen LogP contribution in [0.15, 0.2) is 47.7 Å². The van der Waals surface area contributed by atoms with Gasteiger partial charge in [0.05, 0.1) is 0 Å². The van der Waals surface area contributed by atoms with E-state index in [0.717, 1.165) is 14.8 Å². The molecule has 0 saturated heterocycles. The Morgan fingerprint density at radius 2 is 1.90 bits per heavy atom. The summed E-state index contributed by atoms with van der Waals surface area (Å²) in [7, 11) is 2.00. The van der Waals surface area contributed by atoms with Gasteiger partial charge in [-0.3, -0.25) is 0 Å². The van der Waals surface area contributed by atoms with E-state index in [1.165, 1.54) is 5.56 Å². The standard InChI is InChI=1S/C7H6BrI2N.C6H8N2.Pt/c8-7-3-1-6(2-4-7)5-11(9)10;1-3-8-5-4-7(2)6-8;/h1-4H,5H2;3-5H,1H2,2H3;. The molecule has 2 aromatic rings. The summed E-state index contributed by atoms with van der Waals surface area (Å²) in [4.78, 5) is 0. The first-order valence-corrected chi connectivity index (χ1v) is 9.45. The number of nitrogens with zero attached hydrogens (tertiary/aromatic N) is 3. The fraction of sp³-hybridized carbons (Fsp3) is 0.154. The Labute approximate surface area is 166 Å². The summed E-state index contributed by atoms with van der Waals surface area (Å²) in [5, 5.41) is 0. The van der Waals surface area contributed by atoms with Crippen LogP contribution in [0.1, 0.15) is 5.56 Å². The maximum absolute atomic E-state index is 3.65. The van der Waals surface area contributed by atoms with E-state index in [4.69, 9.17) is 0 Å². The number of aryl methyl sites for hydroxylation is 1. The number of halogens is 3. The van der Waals surface area contributed by atoms with Gasteiger partial charge in [0, 0.05) is 56.7 Å². The van der Waals surface area contributed by atoms with E-state index < -0.39 is 0 Å². The van der Waals surface area contributed by atoms with Crippen LogP contribution >= 0.6 is 61.7 Å². The number of benzene rings is 1. The predicted octanol–water partition coefficient (Wildman–Crippen LogP) is 4.96. The molecule has 0 unspecified atom stereocenters. The van der Waals surface area contributed by atoms with E-state index >= 15 is 0 Å². The molecular weight excluding hydrogens is 727 g/mol. The molecule has 7 heteroatoms. The summed E-state index contributed by atoms with van der Waals surface area (Å²) < 4.78 is 8.38. The molecule has 1 aromatic heterocycles. The molecule has 0 aliphatic heterocycles. The summed E-state index contributed by atoms with van der Waals surface area (Å²) in [6.45, 7) is 4.63. The second-order valence-electron chi connectivity index (χ2n) is 3.83. The predicted molar refractivity (Wildman–Crippen MR) is 101 cm³/mol. The zero-order valence-electron chi connectivity index (χ0n) is 10.7. The minimum atomic E-state index is 0.981. The van der Waals surface area contributed by atoms with Gasteiger partial charge in [-0.25, -0.2) is 0 Å². The van der Waals surface area contributed by atoms with Crippen LogP contribution in [-0.4, -0.2) is 10.5 Å². The average Bonchev–Trinajstić information content (AvgIpc) is 2.73. The van der Waals surface area contributed by atoms with Gasteiger partial charge in [0.1, 0.15) is 0 Å². The molecule has 0 atom stereocenters. The Bertz CT molecular complexity index is 605. The third-order valence-corrected chi connectivity index (χ3v) is 4.93. The zero-order chi connectivity index (χ0) is 15.1. The molecule has 0 aliphatic rings. The molecule has 112 valence electrons. The normalized spacial score (nSPS) is 10.2. The van der Waals surface area contributed by atoms with E-state index in [0.29, 0.717) is 0 Å². The van der Waals surface area contributed by atoms with Gasteiger partial charge < -0.3 is 0 Å². The molecule has 0 saturated carbocycles. The van der Waals surface area contributed by atoms with Crippen molar-refractivity contribution in [1.29, 1.82) is 0 Å². The number of imidazole rings is 1. The summed E-state index contributed by atoms with van der Waals surface area (Å²) >= 11 is 10.2. The van der Waals surface area contributed by atoms with Crippen LogP contribution in [0.5, 0.6) is 0 Å². The van der Waals surface area contributed by atoms with Crippen molar-refractivity contribution in [2.45, 2.75) is 6.54 Å². The van der Waals surface area contributed by atoms with E-state index in [2.05, 4.69) is 113 Å². The van der Waals surface area contributed by atoms with Gasteiger partial charge >= 0.3 is 64.5 Å². The summed E-state index contributed by atoms with van der Waals surface area (Å²) in [5.41, 5.74) is 1.33. The quantitative estimate of drug-likeness (QED) is 0.321. The molecule has 2 rings (SSSR count). The Balaban J connectivity index is 0.000000204. The first kappa shape index (κ1) is 18.8. The number of hydrogen-bond donors (Lipinski definition) is 0. The first-order valence-electron chi connectivity index (χ1n) is 5.59. The molecule has 0 fully saturated rings. The van der Waals surface area contributed by atoms with Crippen LogP contribution in [0.3, 0.4) is 0 Å². The molecule has 1 aromatic carbocycles. The Kier molecular flexibility index (Phi) is 9.13. The van der Waals surface area contributed by atoms with Crippen molar-refractivity contribution in [3.05, 3.63) is 57.1 Å². The summed E-state index contributed by atoms with van der Waals surface area (Å²) in [5.74, 6) is 0. The van der Waals surface area contributed by atoms with Crippen molar-refractivity contribution in [2.24, 2.45) is 7.05 Å². The van der Waals surface area contributed by atoms with Gasteiger partial charge in [-0.05, 0) is 17.7 Å². The molecule has 0 amide bonds. The van der Waals surface area contributed by atoms with Gasteiger partial charge in [-0.15, -0.1) is 0 Å². The van der Waals surface area contributed by atoms with E-state index in [9.17, 15) is 0 Å². The van der Waals surface area contributed by atoms with E-state index in [-0.39, 0.29) is 0 Å². The second-order valence-corrected chi connectivity index (χ2v) is 9.94. The molecular formula is C13H14BrI2N3Pt. The topological polar surface area (TPSA) is 13.1 Å². The van der Waals surface area contributed by atoms with Gasteiger partial charge in [0.25, 0.3) is 0 Å². The SMILES string of the molecule is Brc1ccc(CN(I)I)cc1.C=Cn1ccn(C)[c]1=[Pt]. The van der Waals surface area contributed by atoms with Crippen LogP contribution in [0.2, 0.25) is 0 Å². The Hall–Kier alpha value is 0.758. The fourth-order valence-corrected chi connectivity index (χ4v) is 2.92. The van der Waals surface area contributed by atoms with Gasteiger partial charge in [0.2, 0.25) is 0 Å². The van der Waals surface area contributed by atoms with Crippen molar-refractivity contribution < 1.29 is 19.4 Å². The maximum atomic E-state index is 3.65. The Morgan fingerprint density at radius 3 is 2.25 bits per heavy atom. The van der Waals surface area contributed by atoms with Crippen LogP contribution in [0, 0.1) is 3.80 Å². The monoisotopic (exact) mass is 740 g/mol. The van der Waals surface area contributed by atoms with Crippen LogP contribution in [-0.2, 0) is 32.9 Å². The number of rotatable bonds is 3. The molecule has 0 spiro atoms. The third-order valence-electron chi connectivity index (χ3n) is 2.33. The number of aromatic nitrogens is 2. The van der Waals surface area contributed by atoms with Crippen LogP contribution in [0.4, 0.5) is 0 Å². The molecule has 1 heterocycles. The number of hydrogen-bond acceptors (Lipinski definition) is 1. The summed E-state index contributed by atoms with van der Waals surface area (Å²) in [6, 6.07) is 8.36. The van der Waals surface area contributed by atoms with Crippen molar-refractivity contribution in [3.63, 3.8) is 0 Å². The molecule has 0 N–H and O–H groups in total. The van der Waals surface area contributed by atoms with Gasteiger partial charge in [-0.2, -0.15) is 1.33 Å². The Morgan fingerprint density at radius 1 is 1.30 bits per heavy atom. The third kappa shape index (κ3) is 6.68. The molecule has 20 heavy (non-hydrogen) atoms. The van der Waals surface area contributed by atoms with Crippen molar-refractivity contribution in [2.75, 3.05) is 0 Å². The summed E-state index contributed by atoms with van der Waals surface area (Å²) in [6.07, 6.45) is 5.74. The van der Waals surface area contributed by atoms with Gasteiger partial charge in [0.15, 0.2) is 0 Å². The van der Waals surface area contributed by atoms with Crippen LogP contribution in [0.25, 0.3) is 6.20 Å². The van der Waals surface area contributed by atoms with Crippen LogP contribution < -0.4 is 0 Å². The van der Waals surface area contributed by atoms with E-state index in [1.807, 2.05) is 28.6 Å². The van der Waals surface area contributed by atoms with Crippen molar-refractivity contribution >= 4 is 67.9 Å². The zero-order valence-corrected chi connectivity index (χ0v) is 18.9.